The molecule has 2 aliphatic heterocycles. The molecule has 234 valence electrons. The van der Waals surface area contributed by atoms with E-state index < -0.39 is 31.1 Å². The summed E-state index contributed by atoms with van der Waals surface area (Å²) >= 11 is 18.5. The predicted octanol–water partition coefficient (Wildman–Crippen LogP) is 8.19. The Morgan fingerprint density at radius 3 is 2.33 bits per heavy atom. The van der Waals surface area contributed by atoms with Gasteiger partial charge in [0.15, 0.2) is 0 Å². The number of hydrogen-bond acceptors (Lipinski definition) is 5. The van der Waals surface area contributed by atoms with Crippen molar-refractivity contribution in [3.05, 3.63) is 75.8 Å². The zero-order valence-corrected chi connectivity index (χ0v) is 30.0. The van der Waals surface area contributed by atoms with Crippen LogP contribution in [0, 0.1) is 0 Å². The van der Waals surface area contributed by atoms with Crippen molar-refractivity contribution in [2.45, 2.75) is 89.4 Å². The number of methoxy groups -OCH3 is 1. The molecule has 2 aromatic carbocycles. The Kier molecular flexibility index (Phi) is 11.0. The molecule has 10 heteroatoms. The van der Waals surface area contributed by atoms with Gasteiger partial charge in [-0.25, -0.2) is 0 Å². The van der Waals surface area contributed by atoms with Crippen LogP contribution in [-0.4, -0.2) is 60.9 Å². The summed E-state index contributed by atoms with van der Waals surface area (Å²) in [6.45, 7) is 20.5. The fourth-order valence-electron chi connectivity index (χ4n) is 5.78. The minimum atomic E-state index is -1.11. The minimum absolute atomic E-state index is 0.0894. The largest absolute Gasteiger partial charge is 0.459 e. The Bertz CT molecular complexity index is 1400. The van der Waals surface area contributed by atoms with Crippen LogP contribution in [0.15, 0.2) is 54.6 Å². The molecule has 0 saturated carbocycles. The molecule has 1 N–H and O–H groups in total. The van der Waals surface area contributed by atoms with E-state index in [1.54, 1.807) is 30.2 Å². The summed E-state index contributed by atoms with van der Waals surface area (Å²) in [6, 6.07) is 12.3. The second-order valence-electron chi connectivity index (χ2n) is 13.4. The number of likely N-dealkylation sites (tertiary alicyclic amines) is 1. The SMILES string of the molecule is C=C(C)[C@H]1N(CC(=O)OC(C)(C)C)C(=S)C[C@@H](c2cccc(Cl)c2)[C@]12C(=O)Nc1cc(Cl)ccc12.COC(C)[Si](C)(C)C. The van der Waals surface area contributed by atoms with Gasteiger partial charge in [-0.05, 0) is 70.0 Å². The molecule has 2 aliphatic rings. The summed E-state index contributed by atoms with van der Waals surface area (Å²) in [5, 5.41) is 4.13. The highest BCUT2D eigenvalue weighted by atomic mass is 35.5. The summed E-state index contributed by atoms with van der Waals surface area (Å²) in [6.07, 6.45) is 0.373. The number of thiocarbonyl (C=S) groups is 1. The molecule has 1 amide bonds. The van der Waals surface area contributed by atoms with E-state index in [0.29, 0.717) is 38.4 Å². The van der Waals surface area contributed by atoms with Gasteiger partial charge in [-0.2, -0.15) is 0 Å². The van der Waals surface area contributed by atoms with Crippen LogP contribution < -0.4 is 5.32 Å². The number of anilines is 1. The Morgan fingerprint density at radius 1 is 1.19 bits per heavy atom. The molecule has 0 aromatic heterocycles. The molecule has 4 rings (SSSR count). The van der Waals surface area contributed by atoms with E-state index in [-0.39, 0.29) is 18.4 Å². The highest BCUT2D eigenvalue weighted by molar-refractivity contribution is 7.80. The third-order valence-corrected chi connectivity index (χ3v) is 11.6. The molecule has 0 aliphatic carbocycles. The number of nitrogens with zero attached hydrogens (tertiary/aromatic N) is 1. The van der Waals surface area contributed by atoms with E-state index in [9.17, 15) is 9.59 Å². The molecule has 0 radical (unpaired) electrons. The van der Waals surface area contributed by atoms with Gasteiger partial charge in [0.1, 0.15) is 17.6 Å². The molecule has 6 nitrogen and oxygen atoms in total. The number of ether oxygens (including phenoxy) is 2. The Balaban J connectivity index is 0.000000557. The third-order valence-electron chi connectivity index (χ3n) is 8.05. The van der Waals surface area contributed by atoms with Gasteiger partial charge in [-0.15, -0.1) is 0 Å². The number of hydrogen-bond donors (Lipinski definition) is 1. The van der Waals surface area contributed by atoms with Crippen molar-refractivity contribution < 1.29 is 19.1 Å². The second kappa shape index (κ2) is 13.4. The number of benzene rings is 2. The number of halogens is 2. The van der Waals surface area contributed by atoms with Crippen LogP contribution in [0.5, 0.6) is 0 Å². The number of rotatable bonds is 6. The molecule has 4 atom stereocenters. The van der Waals surface area contributed by atoms with E-state index in [2.05, 4.69) is 38.5 Å². The van der Waals surface area contributed by atoms with Crippen molar-refractivity contribution in [3.8, 4) is 0 Å². The highest BCUT2D eigenvalue weighted by Crippen LogP contribution is 2.56. The van der Waals surface area contributed by atoms with Crippen molar-refractivity contribution in [3.63, 3.8) is 0 Å². The summed E-state index contributed by atoms with van der Waals surface area (Å²) < 4.78 is 10.8. The lowest BCUT2D eigenvalue weighted by Gasteiger charge is -2.52. The first-order valence-electron chi connectivity index (χ1n) is 14.4. The second-order valence-corrected chi connectivity index (χ2v) is 20.3. The average Bonchev–Trinajstić information content (AvgIpc) is 3.14. The first-order chi connectivity index (χ1) is 19.8. The number of fused-ring (bicyclic) bond motifs is 2. The van der Waals surface area contributed by atoms with Gasteiger partial charge >= 0.3 is 5.97 Å². The van der Waals surface area contributed by atoms with E-state index in [4.69, 9.17) is 44.9 Å². The first kappa shape index (κ1) is 35.2. The van der Waals surface area contributed by atoms with Crippen LogP contribution >= 0.6 is 35.4 Å². The first-order valence-corrected chi connectivity index (χ1v) is 19.1. The monoisotopic (exact) mass is 662 g/mol. The van der Waals surface area contributed by atoms with E-state index in [0.717, 1.165) is 11.1 Å². The van der Waals surface area contributed by atoms with Crippen molar-refractivity contribution in [2.24, 2.45) is 0 Å². The smallest absolute Gasteiger partial charge is 0.326 e. The lowest BCUT2D eigenvalue weighted by atomic mass is 9.59. The maximum absolute atomic E-state index is 14.1. The minimum Gasteiger partial charge on any atom is -0.459 e. The van der Waals surface area contributed by atoms with Crippen LogP contribution in [0.1, 0.15) is 58.1 Å². The van der Waals surface area contributed by atoms with Crippen LogP contribution in [-0.2, 0) is 24.5 Å². The molecule has 0 bridgehead atoms. The predicted molar refractivity (Wildman–Crippen MR) is 184 cm³/mol. The maximum atomic E-state index is 14.1. The van der Waals surface area contributed by atoms with Crippen molar-refractivity contribution >= 4 is 66.0 Å². The van der Waals surface area contributed by atoms with Crippen molar-refractivity contribution in [1.82, 2.24) is 4.90 Å². The standard InChI is InChI=1S/C27H28Cl2N2O3S.C6H16OSi/c1-15(2)24-27(19-10-9-18(29)12-21(19)30-25(27)33)20(16-7-6-8-17(28)11-16)13-22(35)31(24)14-23(32)34-26(3,4)5;1-6(7-2)8(3,4)5/h6-12,20,24H,1,13-14H2,2-5H3,(H,30,33);6H,1-5H3/t20-,24+,27-;/m0./s1. The molecule has 1 unspecified atom stereocenters. The number of nitrogens with one attached hydrogen (secondary N) is 1. The summed E-state index contributed by atoms with van der Waals surface area (Å²) in [7, 11) is 0.798. The average molecular weight is 664 g/mol. The number of piperidine rings is 1. The number of carbonyl (C=O) groups is 2. The van der Waals surface area contributed by atoms with Gasteiger partial charge in [0.25, 0.3) is 0 Å². The molecule has 2 aromatic rings. The molecule has 1 fully saturated rings. The lowest BCUT2D eigenvalue weighted by molar-refractivity contribution is -0.156. The fraction of sp³-hybridized carbons (Fsp3) is 0.485. The third kappa shape index (κ3) is 7.71. The maximum Gasteiger partial charge on any atom is 0.326 e. The Hall–Kier alpha value is -2.23. The van der Waals surface area contributed by atoms with Gasteiger partial charge in [0, 0.05) is 40.9 Å². The summed E-state index contributed by atoms with van der Waals surface area (Å²) in [5.74, 6) is -0.950. The van der Waals surface area contributed by atoms with Gasteiger partial charge in [-0.1, -0.05) is 85.4 Å². The quantitative estimate of drug-likeness (QED) is 0.146. The zero-order valence-electron chi connectivity index (χ0n) is 26.6. The zero-order chi connectivity index (χ0) is 32.5. The Labute approximate surface area is 273 Å². The van der Waals surface area contributed by atoms with E-state index in [1.807, 2.05) is 52.0 Å². The van der Waals surface area contributed by atoms with Gasteiger partial charge in [0.2, 0.25) is 5.91 Å². The molecule has 2 heterocycles. The van der Waals surface area contributed by atoms with Crippen molar-refractivity contribution in [1.29, 1.82) is 0 Å². The molecule has 43 heavy (non-hydrogen) atoms. The number of carbonyl (C=O) groups excluding carboxylic acids is 2. The summed E-state index contributed by atoms with van der Waals surface area (Å²) in [4.78, 5) is 29.3. The summed E-state index contributed by atoms with van der Waals surface area (Å²) in [5.41, 5.74) is 1.76. The molecule has 1 spiro atoms. The van der Waals surface area contributed by atoms with Gasteiger partial charge < -0.3 is 19.7 Å². The normalized spacial score (nSPS) is 22.3. The number of amides is 1. The Morgan fingerprint density at radius 2 is 1.81 bits per heavy atom. The van der Waals surface area contributed by atoms with Crippen LogP contribution in [0.25, 0.3) is 0 Å². The highest BCUT2D eigenvalue weighted by Gasteiger charge is 2.62. The topological polar surface area (TPSA) is 67.9 Å². The fourth-order valence-corrected chi connectivity index (χ4v) is 7.20. The molecular formula is C33H44Cl2N2O4SSi. The van der Waals surface area contributed by atoms with E-state index in [1.165, 1.54) is 0 Å². The molecular weight excluding hydrogens is 619 g/mol. The van der Waals surface area contributed by atoms with Crippen LogP contribution in [0.3, 0.4) is 0 Å². The van der Waals surface area contributed by atoms with Crippen molar-refractivity contribution in [2.75, 3.05) is 19.0 Å². The van der Waals surface area contributed by atoms with Gasteiger partial charge in [0.05, 0.1) is 19.1 Å². The van der Waals surface area contributed by atoms with Crippen LogP contribution in [0.4, 0.5) is 5.69 Å². The lowest BCUT2D eigenvalue weighted by Crippen LogP contribution is -2.64. The number of esters is 1. The van der Waals surface area contributed by atoms with Crippen LogP contribution in [0.2, 0.25) is 29.7 Å². The molecule has 1 saturated heterocycles. The van der Waals surface area contributed by atoms with Gasteiger partial charge in [-0.3, -0.25) is 9.59 Å². The van der Waals surface area contributed by atoms with E-state index >= 15 is 0 Å².